The van der Waals surface area contributed by atoms with Crippen LogP contribution < -0.4 is 10.2 Å². The third-order valence-electron chi connectivity index (χ3n) is 4.64. The number of benzene rings is 1. The lowest BCUT2D eigenvalue weighted by atomic mass is 9.71. The Labute approximate surface area is 151 Å². The second-order valence-electron chi connectivity index (χ2n) is 6.58. The van der Waals surface area contributed by atoms with Gasteiger partial charge in [0.1, 0.15) is 0 Å². The van der Waals surface area contributed by atoms with Crippen LogP contribution in [0, 0.1) is 5.41 Å². The molecule has 0 radical (unpaired) electrons. The van der Waals surface area contributed by atoms with Crippen molar-refractivity contribution < 1.29 is 49.0 Å². The quantitative estimate of drug-likeness (QED) is 0.585. The van der Waals surface area contributed by atoms with Crippen LogP contribution >= 0.6 is 0 Å². The minimum Gasteiger partial charge on any atom is -0.434 e. The smallest absolute Gasteiger partial charge is 0.434 e. The Morgan fingerprint density at radius 2 is 1.64 bits per heavy atom. The molecule has 4 nitrogen and oxygen atoms in total. The van der Waals surface area contributed by atoms with E-state index < -0.39 is 53.0 Å². The number of nitrogens with zero attached hydrogens (tertiary/aromatic N) is 1. The lowest BCUT2D eigenvalue weighted by Crippen LogP contribution is -2.78. The summed E-state index contributed by atoms with van der Waals surface area (Å²) in [7, 11) is 0. The fourth-order valence-corrected chi connectivity index (χ4v) is 3.20. The minimum absolute atomic E-state index is 0.0413. The summed E-state index contributed by atoms with van der Waals surface area (Å²) in [5.74, 6) is -2.63. The van der Waals surface area contributed by atoms with Crippen LogP contribution in [0.2, 0.25) is 0 Å². The van der Waals surface area contributed by atoms with Crippen LogP contribution in [0.1, 0.15) is 11.1 Å². The first-order valence-electron chi connectivity index (χ1n) is 7.69. The zero-order chi connectivity index (χ0) is 21.1. The van der Waals surface area contributed by atoms with Gasteiger partial charge in [0.15, 0.2) is 6.23 Å². The van der Waals surface area contributed by atoms with Gasteiger partial charge in [-0.25, -0.2) is 4.79 Å². The molecule has 0 amide bonds. The van der Waals surface area contributed by atoms with Gasteiger partial charge in [0.2, 0.25) is 0 Å². The molecule has 2 aliphatic rings. The van der Waals surface area contributed by atoms with E-state index in [9.17, 15) is 44.3 Å². The zero-order valence-corrected chi connectivity index (χ0v) is 13.6. The number of esters is 1. The topological polar surface area (TPSA) is 41.6 Å². The molecule has 1 aromatic rings. The summed E-state index contributed by atoms with van der Waals surface area (Å²) in [5, 5.41) is 2.70. The lowest BCUT2D eigenvalue weighted by Gasteiger charge is -2.61. The molecule has 3 rings (SSSR count). The summed E-state index contributed by atoms with van der Waals surface area (Å²) in [6, 6.07) is 0.616. The fraction of sp³-hybridized carbons (Fsp3) is 0.533. The fourth-order valence-electron chi connectivity index (χ4n) is 3.20. The van der Waals surface area contributed by atoms with Crippen LogP contribution in [0.4, 0.5) is 45.2 Å². The number of rotatable bonds is 2. The van der Waals surface area contributed by atoms with E-state index >= 15 is 0 Å². The van der Waals surface area contributed by atoms with Crippen LogP contribution in [0.5, 0.6) is 0 Å². The van der Waals surface area contributed by atoms with Gasteiger partial charge in [0.25, 0.3) is 0 Å². The van der Waals surface area contributed by atoms with E-state index in [2.05, 4.69) is 10.1 Å². The molecule has 2 fully saturated rings. The number of hydrogen-bond donors (Lipinski definition) is 1. The van der Waals surface area contributed by atoms with Crippen molar-refractivity contribution in [2.24, 2.45) is 5.41 Å². The predicted octanol–water partition coefficient (Wildman–Crippen LogP) is 3.57. The average molecular weight is 422 g/mol. The van der Waals surface area contributed by atoms with Crippen molar-refractivity contribution in [2.75, 3.05) is 24.5 Å². The number of carbonyl (C=O) groups is 1. The van der Waals surface area contributed by atoms with Crippen molar-refractivity contribution >= 4 is 11.7 Å². The van der Waals surface area contributed by atoms with Crippen molar-refractivity contribution in [1.82, 2.24) is 5.32 Å². The van der Waals surface area contributed by atoms with E-state index in [1.54, 1.807) is 0 Å². The molecule has 1 N–H and O–H groups in total. The largest absolute Gasteiger partial charge is 0.491 e. The molecule has 2 heterocycles. The highest BCUT2D eigenvalue weighted by molar-refractivity contribution is 5.76. The Balaban J connectivity index is 2.01. The van der Waals surface area contributed by atoms with Crippen molar-refractivity contribution in [2.45, 2.75) is 24.8 Å². The SMILES string of the molecule is O=C(OC1N(c2cc(C(F)(F)F)ccc2C(F)(F)F)CC12CNC2)C(F)(F)F. The van der Waals surface area contributed by atoms with Gasteiger partial charge in [-0.3, -0.25) is 0 Å². The molecule has 1 atom stereocenters. The molecular weight excluding hydrogens is 411 g/mol. The number of halogens is 9. The van der Waals surface area contributed by atoms with Gasteiger partial charge in [-0.1, -0.05) is 0 Å². The first kappa shape index (κ1) is 20.6. The number of alkyl halides is 9. The number of carbonyl (C=O) groups excluding carboxylic acids is 1. The highest BCUT2D eigenvalue weighted by atomic mass is 19.4. The maximum Gasteiger partial charge on any atom is 0.491 e. The van der Waals surface area contributed by atoms with Gasteiger partial charge in [0.05, 0.1) is 22.2 Å². The summed E-state index contributed by atoms with van der Waals surface area (Å²) >= 11 is 0. The third-order valence-corrected chi connectivity index (χ3v) is 4.64. The maximum atomic E-state index is 13.3. The zero-order valence-electron chi connectivity index (χ0n) is 13.6. The summed E-state index contributed by atoms with van der Waals surface area (Å²) in [4.78, 5) is 11.8. The summed E-state index contributed by atoms with van der Waals surface area (Å²) in [6.45, 7) is -0.223. The predicted molar refractivity (Wildman–Crippen MR) is 75.0 cm³/mol. The summed E-state index contributed by atoms with van der Waals surface area (Å²) < 4.78 is 120. The Hall–Kier alpha value is -2.18. The van der Waals surface area contributed by atoms with Gasteiger partial charge < -0.3 is 15.0 Å². The number of hydrogen-bond acceptors (Lipinski definition) is 4. The van der Waals surface area contributed by atoms with Gasteiger partial charge >= 0.3 is 24.5 Å². The van der Waals surface area contributed by atoms with Crippen molar-refractivity contribution in [3.8, 4) is 0 Å². The molecule has 156 valence electrons. The summed E-state index contributed by atoms with van der Waals surface area (Å²) in [6.07, 6.45) is -17.2. The molecule has 2 aliphatic heterocycles. The van der Waals surface area contributed by atoms with Crippen molar-refractivity contribution in [3.63, 3.8) is 0 Å². The van der Waals surface area contributed by atoms with E-state index in [0.29, 0.717) is 4.90 Å². The second kappa shape index (κ2) is 6.16. The Bertz CT molecular complexity index is 781. The van der Waals surface area contributed by atoms with Crippen LogP contribution in [0.15, 0.2) is 18.2 Å². The molecule has 0 bridgehead atoms. The minimum atomic E-state index is -5.40. The highest BCUT2D eigenvalue weighted by Crippen LogP contribution is 2.49. The Kier molecular flexibility index (Phi) is 4.52. The molecule has 1 unspecified atom stereocenters. The van der Waals surface area contributed by atoms with E-state index in [-0.39, 0.29) is 37.8 Å². The van der Waals surface area contributed by atoms with Crippen LogP contribution in [-0.4, -0.2) is 38.0 Å². The molecule has 13 heteroatoms. The Morgan fingerprint density at radius 3 is 2.07 bits per heavy atom. The van der Waals surface area contributed by atoms with Crippen LogP contribution in [0.25, 0.3) is 0 Å². The molecule has 1 spiro atoms. The van der Waals surface area contributed by atoms with E-state index in [1.165, 1.54) is 0 Å². The molecule has 28 heavy (non-hydrogen) atoms. The van der Waals surface area contributed by atoms with E-state index in [1.807, 2.05) is 0 Å². The van der Waals surface area contributed by atoms with Crippen molar-refractivity contribution in [1.29, 1.82) is 0 Å². The Morgan fingerprint density at radius 1 is 1.04 bits per heavy atom. The van der Waals surface area contributed by atoms with Gasteiger partial charge in [-0.15, -0.1) is 0 Å². The number of nitrogens with one attached hydrogen (secondary N) is 1. The van der Waals surface area contributed by atoms with Crippen LogP contribution in [0.3, 0.4) is 0 Å². The maximum absolute atomic E-state index is 13.3. The molecule has 2 saturated heterocycles. The van der Waals surface area contributed by atoms with Gasteiger partial charge in [-0.05, 0) is 18.2 Å². The van der Waals surface area contributed by atoms with E-state index in [4.69, 9.17) is 0 Å². The molecule has 0 saturated carbocycles. The number of anilines is 1. The second-order valence-corrected chi connectivity index (χ2v) is 6.58. The third kappa shape index (κ3) is 3.47. The van der Waals surface area contributed by atoms with E-state index in [0.717, 1.165) is 0 Å². The highest BCUT2D eigenvalue weighted by Gasteiger charge is 2.61. The first-order valence-corrected chi connectivity index (χ1v) is 7.69. The van der Waals surface area contributed by atoms with Crippen LogP contribution in [-0.2, 0) is 21.9 Å². The lowest BCUT2D eigenvalue weighted by molar-refractivity contribution is -0.219. The first-order chi connectivity index (χ1) is 12.7. The molecule has 0 aromatic heterocycles. The van der Waals surface area contributed by atoms with Gasteiger partial charge in [-0.2, -0.15) is 39.5 Å². The monoisotopic (exact) mass is 422 g/mol. The molecule has 1 aromatic carbocycles. The summed E-state index contributed by atoms with van der Waals surface area (Å²) in [5.41, 5.74) is -4.99. The normalized spacial score (nSPS) is 21.9. The molecular formula is C15H11F9N2O2. The molecule has 0 aliphatic carbocycles. The standard InChI is InChI=1S/C15H11F9N2O2/c16-13(17,18)7-1-2-8(14(19,20)21)9(3-7)26-6-12(4-25-5-12)10(26)28-11(27)15(22,23)24/h1-3,10,25H,4-6H2. The van der Waals surface area contributed by atoms with Crippen molar-refractivity contribution in [3.05, 3.63) is 29.3 Å². The van der Waals surface area contributed by atoms with Gasteiger partial charge in [0, 0.05) is 19.6 Å². The number of ether oxygens (including phenoxy) is 1. The average Bonchev–Trinajstić information content (AvgIpc) is 2.47.